The Morgan fingerprint density at radius 1 is 1.70 bits per heavy atom. The number of hydrogen-bond donors (Lipinski definition) is 1. The lowest BCUT2D eigenvalue weighted by Gasteiger charge is -2.08. The van der Waals surface area contributed by atoms with Gasteiger partial charge in [0, 0.05) is 12.1 Å². The van der Waals surface area contributed by atoms with Gasteiger partial charge < -0.3 is 9.62 Å². The van der Waals surface area contributed by atoms with Gasteiger partial charge in [-0.3, -0.25) is 0 Å². The van der Waals surface area contributed by atoms with E-state index >= 15 is 0 Å². The molecule has 1 rings (SSSR count). The first kappa shape index (κ1) is 7.31. The first-order chi connectivity index (χ1) is 4.83. The summed E-state index contributed by atoms with van der Waals surface area (Å²) in [5.74, 6) is 0. The van der Waals surface area contributed by atoms with E-state index in [1.807, 2.05) is 13.0 Å². The average Bonchev–Trinajstić information content (AvgIpc) is 2.40. The van der Waals surface area contributed by atoms with Crippen LogP contribution in [-0.4, -0.2) is 16.8 Å². The molecule has 0 fully saturated rings. The molecular weight excluding hydrogens is 130 g/mol. The molecule has 1 aromatic heterocycles. The van der Waals surface area contributed by atoms with Gasteiger partial charge in [-0.05, 0) is 6.07 Å². The highest BCUT2D eigenvalue weighted by Gasteiger charge is 1.98. The fourth-order valence-corrected chi connectivity index (χ4v) is 0.705. The monoisotopic (exact) mass is 141 g/mol. The average molecular weight is 141 g/mol. The minimum atomic E-state index is 0.535. The van der Waals surface area contributed by atoms with Crippen LogP contribution in [0.3, 0.4) is 0 Å². The Morgan fingerprint density at radius 3 is 3.00 bits per heavy atom. The summed E-state index contributed by atoms with van der Waals surface area (Å²) in [6, 6.07) is 1.83. The van der Waals surface area contributed by atoms with Gasteiger partial charge in [0.2, 0.25) is 0 Å². The van der Waals surface area contributed by atoms with E-state index in [0.717, 1.165) is 5.56 Å². The summed E-state index contributed by atoms with van der Waals surface area (Å²) in [4.78, 5) is 0. The van der Waals surface area contributed by atoms with Crippen molar-refractivity contribution in [3.8, 4) is 0 Å². The van der Waals surface area contributed by atoms with Crippen LogP contribution < -0.4 is 0 Å². The molecule has 0 aliphatic heterocycles. The van der Waals surface area contributed by atoms with Gasteiger partial charge in [-0.1, -0.05) is 6.92 Å². The molecule has 0 radical (unpaired) electrons. The smallest absolute Gasteiger partial charge is 0.0948 e. The molecule has 1 aromatic rings. The zero-order valence-corrected chi connectivity index (χ0v) is 5.95. The Kier molecular flexibility index (Phi) is 2.48. The third-order valence-electron chi connectivity index (χ3n) is 1.31. The molecule has 1 N–H and O–H groups in total. The Hall–Kier alpha value is -0.800. The Morgan fingerprint density at radius 2 is 2.50 bits per heavy atom. The van der Waals surface area contributed by atoms with Crippen LogP contribution in [0.5, 0.6) is 0 Å². The maximum absolute atomic E-state index is 9.02. The van der Waals surface area contributed by atoms with E-state index < -0.39 is 0 Å². The second-order valence-electron chi connectivity index (χ2n) is 2.11. The van der Waals surface area contributed by atoms with E-state index in [0.29, 0.717) is 13.1 Å². The second-order valence-corrected chi connectivity index (χ2v) is 2.11. The van der Waals surface area contributed by atoms with Gasteiger partial charge in [0.1, 0.15) is 0 Å². The van der Waals surface area contributed by atoms with Crippen molar-refractivity contribution >= 4 is 0 Å². The number of rotatable bonds is 3. The van der Waals surface area contributed by atoms with E-state index in [4.69, 9.17) is 9.62 Å². The summed E-state index contributed by atoms with van der Waals surface area (Å²) in [6.45, 7) is 3.05. The van der Waals surface area contributed by atoms with E-state index in [1.54, 1.807) is 12.5 Å². The van der Waals surface area contributed by atoms with Gasteiger partial charge in [-0.15, -0.1) is 0 Å². The Bertz CT molecular complexity index is 172. The zero-order valence-electron chi connectivity index (χ0n) is 5.95. The van der Waals surface area contributed by atoms with E-state index in [1.165, 1.54) is 5.06 Å². The van der Waals surface area contributed by atoms with Gasteiger partial charge in [0.25, 0.3) is 0 Å². The summed E-state index contributed by atoms with van der Waals surface area (Å²) in [7, 11) is 0. The number of hydroxylamine groups is 2. The number of nitrogens with zero attached hydrogens (tertiary/aromatic N) is 1. The maximum atomic E-state index is 9.02. The van der Waals surface area contributed by atoms with Crippen molar-refractivity contribution in [1.29, 1.82) is 0 Å². The summed E-state index contributed by atoms with van der Waals surface area (Å²) in [6.07, 6.45) is 3.22. The molecule has 0 amide bonds. The standard InChI is InChI=1S/C7H11NO2/c1-2-8(9)5-7-3-4-10-6-7/h3-4,6,9H,2,5H2,1H3. The number of hydrogen-bond acceptors (Lipinski definition) is 3. The topological polar surface area (TPSA) is 36.6 Å². The van der Waals surface area contributed by atoms with Crippen molar-refractivity contribution in [3.05, 3.63) is 24.2 Å². The van der Waals surface area contributed by atoms with Crippen LogP contribution in [0.1, 0.15) is 12.5 Å². The number of furan rings is 1. The molecule has 0 aromatic carbocycles. The molecule has 0 unspecified atom stereocenters. The van der Waals surface area contributed by atoms with E-state index in [-0.39, 0.29) is 0 Å². The molecule has 0 aliphatic rings. The van der Waals surface area contributed by atoms with Gasteiger partial charge >= 0.3 is 0 Å². The van der Waals surface area contributed by atoms with Crippen LogP contribution in [0.25, 0.3) is 0 Å². The molecule has 0 saturated carbocycles. The van der Waals surface area contributed by atoms with Crippen molar-refractivity contribution < 1.29 is 9.62 Å². The highest BCUT2D eigenvalue weighted by Crippen LogP contribution is 2.02. The van der Waals surface area contributed by atoms with Gasteiger partial charge in [0.15, 0.2) is 0 Å². The predicted octanol–water partition coefficient (Wildman–Crippen LogP) is 1.49. The molecule has 0 bridgehead atoms. The zero-order chi connectivity index (χ0) is 7.40. The van der Waals surface area contributed by atoms with Crippen LogP contribution in [0.4, 0.5) is 0 Å². The molecule has 56 valence electrons. The van der Waals surface area contributed by atoms with Gasteiger partial charge in [-0.25, -0.2) is 0 Å². The molecule has 0 spiro atoms. The Labute approximate surface area is 59.8 Å². The predicted molar refractivity (Wildman–Crippen MR) is 36.6 cm³/mol. The van der Waals surface area contributed by atoms with Crippen LogP contribution in [-0.2, 0) is 6.54 Å². The molecule has 0 aliphatic carbocycles. The highest BCUT2D eigenvalue weighted by atomic mass is 16.5. The van der Waals surface area contributed by atoms with Crippen molar-refractivity contribution in [2.75, 3.05) is 6.54 Å². The first-order valence-corrected chi connectivity index (χ1v) is 3.28. The minimum Gasteiger partial charge on any atom is -0.472 e. The fourth-order valence-electron chi connectivity index (χ4n) is 0.705. The molecule has 0 atom stereocenters. The SMILES string of the molecule is CCN(O)Cc1ccoc1. The molecule has 10 heavy (non-hydrogen) atoms. The van der Waals surface area contributed by atoms with Crippen LogP contribution in [0, 0.1) is 0 Å². The molecule has 1 heterocycles. The summed E-state index contributed by atoms with van der Waals surface area (Å²) < 4.78 is 4.82. The van der Waals surface area contributed by atoms with Gasteiger partial charge in [0.05, 0.1) is 19.1 Å². The largest absolute Gasteiger partial charge is 0.472 e. The normalized spacial score (nSPS) is 10.7. The quantitative estimate of drug-likeness (QED) is 0.648. The van der Waals surface area contributed by atoms with E-state index in [2.05, 4.69) is 0 Å². The highest BCUT2D eigenvalue weighted by molar-refractivity contribution is 5.03. The third kappa shape index (κ3) is 1.86. The van der Waals surface area contributed by atoms with Crippen LogP contribution in [0.2, 0.25) is 0 Å². The van der Waals surface area contributed by atoms with E-state index in [9.17, 15) is 0 Å². The summed E-state index contributed by atoms with van der Waals surface area (Å²) in [5, 5.41) is 10.2. The van der Waals surface area contributed by atoms with Crippen molar-refractivity contribution in [3.63, 3.8) is 0 Å². The fraction of sp³-hybridized carbons (Fsp3) is 0.429. The summed E-state index contributed by atoms with van der Waals surface area (Å²) in [5.41, 5.74) is 0.990. The van der Waals surface area contributed by atoms with Crippen LogP contribution in [0.15, 0.2) is 23.0 Å². The molecule has 0 saturated heterocycles. The lowest BCUT2D eigenvalue weighted by atomic mass is 10.3. The van der Waals surface area contributed by atoms with Crippen molar-refractivity contribution in [1.82, 2.24) is 5.06 Å². The maximum Gasteiger partial charge on any atom is 0.0948 e. The first-order valence-electron chi connectivity index (χ1n) is 3.28. The minimum absolute atomic E-state index is 0.535. The Balaban J connectivity index is 2.40. The summed E-state index contributed by atoms with van der Waals surface area (Å²) >= 11 is 0. The molecule has 3 heteroatoms. The lowest BCUT2D eigenvalue weighted by Crippen LogP contribution is -2.16. The third-order valence-corrected chi connectivity index (χ3v) is 1.31. The van der Waals surface area contributed by atoms with Crippen molar-refractivity contribution in [2.45, 2.75) is 13.5 Å². The second kappa shape index (κ2) is 3.39. The van der Waals surface area contributed by atoms with Gasteiger partial charge in [-0.2, -0.15) is 5.06 Å². The van der Waals surface area contributed by atoms with Crippen molar-refractivity contribution in [2.24, 2.45) is 0 Å². The molecular formula is C7H11NO2. The lowest BCUT2D eigenvalue weighted by molar-refractivity contribution is -0.0947. The van der Waals surface area contributed by atoms with Crippen LogP contribution >= 0.6 is 0 Å². The molecule has 3 nitrogen and oxygen atoms in total.